The van der Waals surface area contributed by atoms with E-state index >= 15 is 0 Å². The number of halogens is 1. The van der Waals surface area contributed by atoms with Gasteiger partial charge in [-0.1, -0.05) is 53.6 Å². The van der Waals surface area contributed by atoms with Crippen molar-refractivity contribution in [1.82, 2.24) is 9.55 Å². The number of allylic oxidation sites excluding steroid dienone is 1. The third-order valence-corrected chi connectivity index (χ3v) is 6.30. The van der Waals surface area contributed by atoms with E-state index in [1.807, 2.05) is 30.3 Å². The van der Waals surface area contributed by atoms with E-state index in [0.29, 0.717) is 17.0 Å². The van der Waals surface area contributed by atoms with E-state index in [1.54, 1.807) is 24.3 Å². The van der Waals surface area contributed by atoms with E-state index in [4.69, 9.17) is 17.3 Å². The van der Waals surface area contributed by atoms with Crippen LogP contribution in [-0.2, 0) is 6.54 Å². The van der Waals surface area contributed by atoms with Crippen molar-refractivity contribution in [2.24, 2.45) is 0 Å². The fourth-order valence-corrected chi connectivity index (χ4v) is 4.34. The average molecular weight is 479 g/mol. The standard InChI is InChI=1S/C26H27ClN4O3/c27-21-13-11-20(12-14-21)25(33)30(16-15-18-7-3-1-4-8-18)22-23(28)31(26(34)29-24(22)32)17-19-9-5-2-6-10-19/h2,5-7,9-14H,1,3-4,8,15-17,28H2,(H,29,32,34). The number of rotatable bonds is 7. The highest BCUT2D eigenvalue weighted by Gasteiger charge is 2.25. The number of hydrogen-bond donors (Lipinski definition) is 2. The number of carbonyl (C=O) groups is 1. The molecule has 176 valence electrons. The maximum Gasteiger partial charge on any atom is 0.330 e. The van der Waals surface area contributed by atoms with Crippen LogP contribution in [0.5, 0.6) is 0 Å². The Kier molecular flexibility index (Phi) is 7.33. The molecule has 0 atom stereocenters. The zero-order valence-electron chi connectivity index (χ0n) is 18.8. The average Bonchev–Trinajstić information content (AvgIpc) is 2.85. The Bertz CT molecular complexity index is 1310. The molecule has 1 aromatic heterocycles. The summed E-state index contributed by atoms with van der Waals surface area (Å²) in [4.78, 5) is 42.9. The predicted molar refractivity (Wildman–Crippen MR) is 136 cm³/mol. The van der Waals surface area contributed by atoms with Crippen LogP contribution in [-0.4, -0.2) is 22.0 Å². The maximum absolute atomic E-state index is 13.6. The number of carbonyl (C=O) groups excluding carboxylic acids is 1. The van der Waals surface area contributed by atoms with Crippen molar-refractivity contribution in [3.05, 3.63) is 103 Å². The van der Waals surface area contributed by atoms with Crippen LogP contribution in [0.25, 0.3) is 0 Å². The molecular weight excluding hydrogens is 452 g/mol. The van der Waals surface area contributed by atoms with E-state index in [9.17, 15) is 14.4 Å². The first-order valence-corrected chi connectivity index (χ1v) is 11.7. The molecule has 1 amide bonds. The third kappa shape index (κ3) is 5.31. The van der Waals surface area contributed by atoms with E-state index in [1.165, 1.54) is 15.0 Å². The fourth-order valence-electron chi connectivity index (χ4n) is 4.21. The van der Waals surface area contributed by atoms with Gasteiger partial charge in [-0.05, 0) is 61.9 Å². The molecule has 0 saturated heterocycles. The maximum atomic E-state index is 13.6. The quantitative estimate of drug-likeness (QED) is 0.492. The minimum absolute atomic E-state index is 0.0214. The molecule has 1 aliphatic rings. The first kappa shape index (κ1) is 23.6. The summed E-state index contributed by atoms with van der Waals surface area (Å²) in [5.41, 5.74) is 7.54. The Hall–Kier alpha value is -3.58. The summed E-state index contributed by atoms with van der Waals surface area (Å²) in [6.07, 6.45) is 7.09. The Labute approximate surface area is 202 Å². The van der Waals surface area contributed by atoms with Crippen molar-refractivity contribution in [3.63, 3.8) is 0 Å². The third-order valence-electron chi connectivity index (χ3n) is 6.05. The molecule has 7 nitrogen and oxygen atoms in total. The first-order chi connectivity index (χ1) is 16.4. The van der Waals surface area contributed by atoms with Crippen LogP contribution in [0.3, 0.4) is 0 Å². The van der Waals surface area contributed by atoms with Gasteiger partial charge in [0.05, 0.1) is 6.54 Å². The lowest BCUT2D eigenvalue weighted by atomic mass is 9.97. The Morgan fingerprint density at radius 3 is 2.47 bits per heavy atom. The highest BCUT2D eigenvalue weighted by Crippen LogP contribution is 2.25. The minimum atomic E-state index is -0.688. The number of nitrogens with two attached hydrogens (primary N) is 1. The summed E-state index contributed by atoms with van der Waals surface area (Å²) in [6.45, 7) is 0.438. The summed E-state index contributed by atoms with van der Waals surface area (Å²) in [6, 6.07) is 15.8. The molecule has 0 bridgehead atoms. The van der Waals surface area contributed by atoms with Gasteiger partial charge in [0.2, 0.25) is 0 Å². The second-order valence-electron chi connectivity index (χ2n) is 8.39. The van der Waals surface area contributed by atoms with E-state index < -0.39 is 11.2 Å². The van der Waals surface area contributed by atoms with Crippen LogP contribution in [0, 0.1) is 0 Å². The van der Waals surface area contributed by atoms with E-state index in [-0.39, 0.29) is 30.5 Å². The summed E-state index contributed by atoms with van der Waals surface area (Å²) < 4.78 is 1.29. The number of hydrogen-bond acceptors (Lipinski definition) is 4. The molecule has 4 rings (SSSR count). The number of H-pyrrole nitrogens is 1. The van der Waals surface area contributed by atoms with Crippen LogP contribution in [0.15, 0.2) is 75.8 Å². The molecule has 1 aliphatic carbocycles. The lowest BCUT2D eigenvalue weighted by Gasteiger charge is -2.26. The number of aromatic amines is 1. The van der Waals surface area contributed by atoms with Gasteiger partial charge in [0.15, 0.2) is 5.69 Å². The normalized spacial score (nSPS) is 13.4. The molecule has 3 aromatic rings. The Morgan fingerprint density at radius 2 is 1.79 bits per heavy atom. The van der Waals surface area contributed by atoms with Crippen LogP contribution in [0.4, 0.5) is 11.5 Å². The van der Waals surface area contributed by atoms with Crippen molar-refractivity contribution < 1.29 is 4.79 Å². The SMILES string of the molecule is Nc1c(N(CCC2=CCCCC2)C(=O)c2ccc(Cl)cc2)c(=O)[nH]c(=O)n1Cc1ccccc1. The van der Waals surface area contributed by atoms with Gasteiger partial charge in [0, 0.05) is 17.1 Å². The summed E-state index contributed by atoms with van der Waals surface area (Å²) >= 11 is 6.00. The first-order valence-electron chi connectivity index (χ1n) is 11.4. The smallest absolute Gasteiger partial charge is 0.330 e. The van der Waals surface area contributed by atoms with Gasteiger partial charge in [0.1, 0.15) is 5.82 Å². The zero-order valence-corrected chi connectivity index (χ0v) is 19.6. The molecule has 0 aliphatic heterocycles. The summed E-state index contributed by atoms with van der Waals surface area (Å²) in [5, 5.41) is 0.504. The molecule has 8 heteroatoms. The lowest BCUT2D eigenvalue weighted by molar-refractivity contribution is 0.0987. The Morgan fingerprint density at radius 1 is 1.06 bits per heavy atom. The molecule has 34 heavy (non-hydrogen) atoms. The molecule has 0 saturated carbocycles. The lowest BCUT2D eigenvalue weighted by Crippen LogP contribution is -2.42. The second kappa shape index (κ2) is 10.6. The molecule has 0 fully saturated rings. The van der Waals surface area contributed by atoms with Crippen LogP contribution >= 0.6 is 11.6 Å². The molecule has 0 spiro atoms. The van der Waals surface area contributed by atoms with Crippen LogP contribution in [0.2, 0.25) is 5.02 Å². The number of nitrogen functional groups attached to an aromatic ring is 1. The van der Waals surface area contributed by atoms with Crippen LogP contribution in [0.1, 0.15) is 48.0 Å². The van der Waals surface area contributed by atoms with E-state index in [2.05, 4.69) is 11.1 Å². The number of aromatic nitrogens is 2. The molecule has 0 unspecified atom stereocenters. The number of amides is 1. The zero-order chi connectivity index (χ0) is 24.1. The fraction of sp³-hybridized carbons (Fsp3) is 0.269. The van der Waals surface area contributed by atoms with E-state index in [0.717, 1.165) is 31.2 Å². The van der Waals surface area contributed by atoms with Gasteiger partial charge >= 0.3 is 5.69 Å². The molecular formula is C26H27ClN4O3. The second-order valence-corrected chi connectivity index (χ2v) is 8.82. The Balaban J connectivity index is 1.76. The molecule has 3 N–H and O–H groups in total. The molecule has 2 aromatic carbocycles. The van der Waals surface area contributed by atoms with Crippen molar-refractivity contribution in [2.75, 3.05) is 17.2 Å². The highest BCUT2D eigenvalue weighted by molar-refractivity contribution is 6.30. The molecule has 1 heterocycles. The summed E-state index contributed by atoms with van der Waals surface area (Å²) in [7, 11) is 0. The molecule has 0 radical (unpaired) electrons. The number of nitrogens with one attached hydrogen (secondary N) is 1. The largest absolute Gasteiger partial charge is 0.383 e. The number of anilines is 2. The number of benzene rings is 2. The van der Waals surface area contributed by atoms with Gasteiger partial charge < -0.3 is 10.6 Å². The highest BCUT2D eigenvalue weighted by atomic mass is 35.5. The van der Waals surface area contributed by atoms with Crippen molar-refractivity contribution in [1.29, 1.82) is 0 Å². The van der Waals surface area contributed by atoms with Crippen molar-refractivity contribution in [2.45, 2.75) is 38.6 Å². The van der Waals surface area contributed by atoms with Gasteiger partial charge in [-0.2, -0.15) is 0 Å². The number of nitrogens with zero attached hydrogens (tertiary/aromatic N) is 2. The van der Waals surface area contributed by atoms with Gasteiger partial charge in [-0.3, -0.25) is 19.1 Å². The summed E-state index contributed by atoms with van der Waals surface area (Å²) in [5.74, 6) is -0.423. The van der Waals surface area contributed by atoms with Gasteiger partial charge in [0.25, 0.3) is 11.5 Å². The predicted octanol–water partition coefficient (Wildman–Crippen LogP) is 4.36. The van der Waals surface area contributed by atoms with Crippen molar-refractivity contribution in [3.8, 4) is 0 Å². The van der Waals surface area contributed by atoms with Crippen molar-refractivity contribution >= 4 is 29.0 Å². The van der Waals surface area contributed by atoms with Gasteiger partial charge in [-0.15, -0.1) is 0 Å². The minimum Gasteiger partial charge on any atom is -0.383 e. The van der Waals surface area contributed by atoms with Gasteiger partial charge in [-0.25, -0.2) is 4.79 Å². The topological polar surface area (TPSA) is 101 Å². The monoisotopic (exact) mass is 478 g/mol. The van der Waals surface area contributed by atoms with Crippen LogP contribution < -0.4 is 21.9 Å².